The molecule has 2 rings (SSSR count). The number of nitrogens with one attached hydrogen (secondary N) is 1. The molecular weight excluding hydrogens is 256 g/mol. The Bertz CT molecular complexity index is 318. The molecule has 2 fully saturated rings. The predicted molar refractivity (Wildman–Crippen MR) is 72.9 cm³/mol. The maximum atomic E-state index is 12.3. The monoisotopic (exact) mass is 278 g/mol. The lowest BCUT2D eigenvalue weighted by Crippen LogP contribution is -2.39. The minimum atomic E-state index is -3.01. The molecule has 0 atom stereocenters. The van der Waals surface area contributed by atoms with E-state index in [1.54, 1.807) is 4.31 Å². The summed E-state index contributed by atoms with van der Waals surface area (Å²) in [6, 6.07) is 0. The number of piperidine rings is 1. The second kappa shape index (κ2) is 6.41. The van der Waals surface area contributed by atoms with Gasteiger partial charge in [0.15, 0.2) is 0 Å². The van der Waals surface area contributed by atoms with Crippen LogP contribution in [0, 0.1) is 5.92 Å². The summed E-state index contributed by atoms with van der Waals surface area (Å²) in [7, 11) is -3.01. The molecule has 4 nitrogen and oxygen atoms in total. The summed E-state index contributed by atoms with van der Waals surface area (Å²) in [5, 5.41) is 3.28. The number of nitrogens with zero attached hydrogens (tertiary/aromatic N) is 1. The topological polar surface area (TPSA) is 49.4 Å². The van der Waals surface area contributed by atoms with E-state index in [1.807, 2.05) is 11.8 Å². The molecule has 2 aliphatic heterocycles. The maximum absolute atomic E-state index is 12.3. The Morgan fingerprint density at radius 1 is 1.18 bits per heavy atom. The predicted octanol–water partition coefficient (Wildman–Crippen LogP) is 0.755. The summed E-state index contributed by atoms with van der Waals surface area (Å²) >= 11 is 1.87. The SMILES string of the molecule is O=S(=O)(CC1CCNCC1)N1CCCSCC1. The number of hydrogen-bond donors (Lipinski definition) is 1. The molecule has 100 valence electrons. The Labute approximate surface area is 109 Å². The van der Waals surface area contributed by atoms with Crippen molar-refractivity contribution in [1.82, 2.24) is 9.62 Å². The van der Waals surface area contributed by atoms with Crippen LogP contribution in [0.1, 0.15) is 19.3 Å². The van der Waals surface area contributed by atoms with Crippen molar-refractivity contribution in [2.75, 3.05) is 43.4 Å². The molecule has 0 radical (unpaired) electrons. The van der Waals surface area contributed by atoms with Crippen molar-refractivity contribution < 1.29 is 8.42 Å². The molecular formula is C11H22N2O2S2. The van der Waals surface area contributed by atoms with Crippen LogP contribution < -0.4 is 5.32 Å². The van der Waals surface area contributed by atoms with Crippen LogP contribution in [0.15, 0.2) is 0 Å². The first kappa shape index (κ1) is 13.6. The van der Waals surface area contributed by atoms with Crippen molar-refractivity contribution in [3.8, 4) is 0 Å². The highest BCUT2D eigenvalue weighted by molar-refractivity contribution is 7.99. The third-order valence-corrected chi connectivity index (χ3v) is 6.57. The first-order valence-electron chi connectivity index (χ1n) is 6.45. The van der Waals surface area contributed by atoms with Gasteiger partial charge >= 0.3 is 0 Å². The smallest absolute Gasteiger partial charge is 0.214 e. The van der Waals surface area contributed by atoms with Crippen molar-refractivity contribution in [2.24, 2.45) is 5.92 Å². The molecule has 0 amide bonds. The van der Waals surface area contributed by atoms with Gasteiger partial charge in [-0.3, -0.25) is 0 Å². The lowest BCUT2D eigenvalue weighted by Gasteiger charge is -2.26. The van der Waals surface area contributed by atoms with Crippen LogP contribution in [0.3, 0.4) is 0 Å². The van der Waals surface area contributed by atoms with E-state index in [2.05, 4.69) is 5.32 Å². The van der Waals surface area contributed by atoms with Crippen LogP contribution in [-0.2, 0) is 10.0 Å². The molecule has 2 aliphatic rings. The van der Waals surface area contributed by atoms with Crippen LogP contribution >= 0.6 is 11.8 Å². The molecule has 0 aromatic carbocycles. The quantitative estimate of drug-likeness (QED) is 0.828. The maximum Gasteiger partial charge on any atom is 0.214 e. The van der Waals surface area contributed by atoms with Gasteiger partial charge in [-0.2, -0.15) is 11.8 Å². The van der Waals surface area contributed by atoms with Gasteiger partial charge in [0.25, 0.3) is 0 Å². The first-order valence-corrected chi connectivity index (χ1v) is 9.21. The molecule has 0 saturated carbocycles. The summed E-state index contributed by atoms with van der Waals surface area (Å²) in [4.78, 5) is 0. The highest BCUT2D eigenvalue weighted by Gasteiger charge is 2.27. The lowest BCUT2D eigenvalue weighted by atomic mass is 10.0. The molecule has 6 heteroatoms. The summed E-state index contributed by atoms with van der Waals surface area (Å²) < 4.78 is 26.3. The molecule has 17 heavy (non-hydrogen) atoms. The minimum Gasteiger partial charge on any atom is -0.317 e. The summed E-state index contributed by atoms with van der Waals surface area (Å²) in [6.07, 6.45) is 3.00. The van der Waals surface area contributed by atoms with Crippen LogP contribution in [0.5, 0.6) is 0 Å². The van der Waals surface area contributed by atoms with E-state index in [1.165, 1.54) is 0 Å². The van der Waals surface area contributed by atoms with Gasteiger partial charge in [-0.25, -0.2) is 12.7 Å². The van der Waals surface area contributed by atoms with Crippen LogP contribution in [-0.4, -0.2) is 56.2 Å². The van der Waals surface area contributed by atoms with E-state index in [4.69, 9.17) is 0 Å². The zero-order valence-corrected chi connectivity index (χ0v) is 11.9. The highest BCUT2D eigenvalue weighted by Crippen LogP contribution is 2.19. The molecule has 0 aromatic heterocycles. The van der Waals surface area contributed by atoms with E-state index in [0.29, 0.717) is 18.2 Å². The lowest BCUT2D eigenvalue weighted by molar-refractivity contribution is 0.382. The number of rotatable bonds is 3. The van der Waals surface area contributed by atoms with Crippen molar-refractivity contribution in [2.45, 2.75) is 19.3 Å². The molecule has 0 unspecified atom stereocenters. The number of thioether (sulfide) groups is 1. The fraction of sp³-hybridized carbons (Fsp3) is 1.00. The van der Waals surface area contributed by atoms with Gasteiger partial charge in [0.05, 0.1) is 5.75 Å². The summed E-state index contributed by atoms with van der Waals surface area (Å²) in [6.45, 7) is 3.37. The molecule has 0 aliphatic carbocycles. The van der Waals surface area contributed by atoms with Gasteiger partial charge in [0.1, 0.15) is 0 Å². The zero-order valence-electron chi connectivity index (χ0n) is 10.2. The molecule has 1 N–H and O–H groups in total. The second-order valence-electron chi connectivity index (χ2n) is 4.84. The van der Waals surface area contributed by atoms with Crippen molar-refractivity contribution in [1.29, 1.82) is 0 Å². The number of hydrogen-bond acceptors (Lipinski definition) is 4. The van der Waals surface area contributed by atoms with Gasteiger partial charge in [-0.05, 0) is 44.0 Å². The second-order valence-corrected chi connectivity index (χ2v) is 8.08. The van der Waals surface area contributed by atoms with E-state index in [9.17, 15) is 8.42 Å². The molecule has 2 heterocycles. The zero-order chi connectivity index (χ0) is 12.1. The van der Waals surface area contributed by atoms with Crippen LogP contribution in [0.25, 0.3) is 0 Å². The molecule has 0 bridgehead atoms. The van der Waals surface area contributed by atoms with E-state index in [0.717, 1.165) is 50.4 Å². The van der Waals surface area contributed by atoms with E-state index in [-0.39, 0.29) is 0 Å². The fourth-order valence-electron chi connectivity index (χ4n) is 2.45. The first-order chi connectivity index (χ1) is 8.18. The standard InChI is InChI=1S/C11H22N2O2S2/c14-17(15,10-11-2-4-12-5-3-11)13-6-1-8-16-9-7-13/h11-12H,1-10H2. The summed E-state index contributed by atoms with van der Waals surface area (Å²) in [5.74, 6) is 2.77. The van der Waals surface area contributed by atoms with Gasteiger partial charge < -0.3 is 5.32 Å². The van der Waals surface area contributed by atoms with Crippen molar-refractivity contribution in [3.05, 3.63) is 0 Å². The number of sulfonamides is 1. The van der Waals surface area contributed by atoms with E-state index >= 15 is 0 Å². The fourth-order valence-corrected chi connectivity index (χ4v) is 5.37. The Morgan fingerprint density at radius 3 is 2.71 bits per heavy atom. The van der Waals surface area contributed by atoms with Gasteiger partial charge in [-0.1, -0.05) is 0 Å². The van der Waals surface area contributed by atoms with E-state index < -0.39 is 10.0 Å². The normalized spacial score (nSPS) is 25.6. The highest BCUT2D eigenvalue weighted by atomic mass is 32.2. The minimum absolute atomic E-state index is 0.358. The molecule has 0 aromatic rings. The Morgan fingerprint density at radius 2 is 1.94 bits per heavy atom. The van der Waals surface area contributed by atoms with Gasteiger partial charge in [0.2, 0.25) is 10.0 Å². The average Bonchev–Trinajstić information content (AvgIpc) is 2.58. The third kappa shape index (κ3) is 4.12. The summed E-state index contributed by atoms with van der Waals surface area (Å²) in [5.41, 5.74) is 0. The van der Waals surface area contributed by atoms with Crippen molar-refractivity contribution in [3.63, 3.8) is 0 Å². The Balaban J connectivity index is 1.91. The van der Waals surface area contributed by atoms with Crippen LogP contribution in [0.4, 0.5) is 0 Å². The average molecular weight is 278 g/mol. The van der Waals surface area contributed by atoms with Crippen molar-refractivity contribution >= 4 is 21.8 Å². The Hall–Kier alpha value is 0.220. The Kier molecular flexibility index (Phi) is 5.14. The van der Waals surface area contributed by atoms with Gasteiger partial charge in [0, 0.05) is 18.8 Å². The van der Waals surface area contributed by atoms with Crippen LogP contribution in [0.2, 0.25) is 0 Å². The third-order valence-electron chi connectivity index (χ3n) is 3.48. The molecule has 2 saturated heterocycles. The molecule has 0 spiro atoms. The van der Waals surface area contributed by atoms with Gasteiger partial charge in [-0.15, -0.1) is 0 Å². The largest absolute Gasteiger partial charge is 0.317 e.